The highest BCUT2D eigenvalue weighted by Gasteiger charge is 2.15. The molecule has 0 amide bonds. The van der Waals surface area contributed by atoms with E-state index in [-0.39, 0.29) is 5.38 Å². The second-order valence-corrected chi connectivity index (χ2v) is 5.47. The van der Waals surface area contributed by atoms with Crippen molar-refractivity contribution >= 4 is 11.6 Å². The van der Waals surface area contributed by atoms with Crippen LogP contribution in [0.1, 0.15) is 50.7 Å². The van der Waals surface area contributed by atoms with Crippen molar-refractivity contribution in [3.8, 4) is 17.2 Å². The number of benzene rings is 1. The molecule has 0 spiro atoms. The first-order chi connectivity index (χ1) is 10.2. The highest BCUT2D eigenvalue weighted by Crippen LogP contribution is 2.26. The zero-order valence-electron chi connectivity index (χ0n) is 12.5. The molecule has 1 heterocycles. The molecule has 4 nitrogen and oxygen atoms in total. The molecule has 1 unspecified atom stereocenters. The van der Waals surface area contributed by atoms with Gasteiger partial charge in [-0.25, -0.2) is 0 Å². The van der Waals surface area contributed by atoms with Crippen LogP contribution in [0.3, 0.4) is 0 Å². The van der Waals surface area contributed by atoms with Crippen molar-refractivity contribution in [1.82, 2.24) is 10.1 Å². The molecule has 0 saturated heterocycles. The highest BCUT2D eigenvalue weighted by molar-refractivity contribution is 6.20. The van der Waals surface area contributed by atoms with Gasteiger partial charge in [0.25, 0.3) is 5.89 Å². The number of rotatable bonds is 8. The topological polar surface area (TPSA) is 48.2 Å². The molecule has 0 bridgehead atoms. The van der Waals surface area contributed by atoms with Crippen molar-refractivity contribution in [1.29, 1.82) is 0 Å². The van der Waals surface area contributed by atoms with E-state index in [1.54, 1.807) is 0 Å². The summed E-state index contributed by atoms with van der Waals surface area (Å²) in [4.78, 5) is 4.35. The third-order valence-electron chi connectivity index (χ3n) is 3.13. The van der Waals surface area contributed by atoms with Crippen LogP contribution < -0.4 is 4.74 Å². The Morgan fingerprint density at radius 3 is 2.62 bits per heavy atom. The van der Waals surface area contributed by atoms with Crippen LogP contribution in [0, 0.1) is 0 Å². The number of ether oxygens (including phenoxy) is 1. The minimum atomic E-state index is -0.191. The first kappa shape index (κ1) is 15.8. The van der Waals surface area contributed by atoms with E-state index in [1.807, 2.05) is 24.3 Å². The Labute approximate surface area is 130 Å². The highest BCUT2D eigenvalue weighted by atomic mass is 35.5. The minimum absolute atomic E-state index is 0.191. The Kier molecular flexibility index (Phi) is 6.05. The molecule has 1 aromatic heterocycles. The zero-order chi connectivity index (χ0) is 15.1. The number of unbranched alkanes of at least 4 members (excludes halogenated alkanes) is 1. The van der Waals surface area contributed by atoms with E-state index in [0.717, 1.165) is 43.6 Å². The van der Waals surface area contributed by atoms with Crippen LogP contribution in [0.15, 0.2) is 28.8 Å². The van der Waals surface area contributed by atoms with E-state index in [9.17, 15) is 0 Å². The lowest BCUT2D eigenvalue weighted by atomic mass is 10.2. The fraction of sp³-hybridized carbons (Fsp3) is 0.500. The van der Waals surface area contributed by atoms with Gasteiger partial charge in [-0.05, 0) is 37.1 Å². The maximum absolute atomic E-state index is 6.20. The maximum Gasteiger partial charge on any atom is 0.257 e. The van der Waals surface area contributed by atoms with Crippen molar-refractivity contribution in [3.63, 3.8) is 0 Å². The standard InChI is InChI=1S/C16H21ClN2O2/c1-3-5-11-20-13-9-7-12(8-10-13)16-18-15(19-21-16)14(17)6-4-2/h7-10,14H,3-6,11H2,1-2H3. The minimum Gasteiger partial charge on any atom is -0.494 e. The Hall–Kier alpha value is -1.55. The number of hydrogen-bond donors (Lipinski definition) is 0. The van der Waals surface area contributed by atoms with E-state index in [1.165, 1.54) is 0 Å². The molecular formula is C16H21ClN2O2. The molecule has 0 aliphatic carbocycles. The van der Waals surface area contributed by atoms with E-state index in [4.69, 9.17) is 20.9 Å². The van der Waals surface area contributed by atoms with Crippen molar-refractivity contribution in [2.24, 2.45) is 0 Å². The van der Waals surface area contributed by atoms with Gasteiger partial charge >= 0.3 is 0 Å². The van der Waals surface area contributed by atoms with E-state index < -0.39 is 0 Å². The smallest absolute Gasteiger partial charge is 0.257 e. The summed E-state index contributed by atoms with van der Waals surface area (Å²) in [5, 5.41) is 3.75. The van der Waals surface area contributed by atoms with Gasteiger partial charge in [0.15, 0.2) is 5.82 Å². The van der Waals surface area contributed by atoms with Crippen molar-refractivity contribution < 1.29 is 9.26 Å². The number of aromatic nitrogens is 2. The molecular weight excluding hydrogens is 288 g/mol. The first-order valence-corrected chi connectivity index (χ1v) is 7.89. The molecule has 1 aromatic carbocycles. The average molecular weight is 309 g/mol. The Morgan fingerprint density at radius 2 is 1.95 bits per heavy atom. The lowest BCUT2D eigenvalue weighted by molar-refractivity contribution is 0.309. The van der Waals surface area contributed by atoms with Gasteiger partial charge < -0.3 is 9.26 Å². The summed E-state index contributed by atoms with van der Waals surface area (Å²) in [5.74, 6) is 1.90. The van der Waals surface area contributed by atoms with E-state index in [0.29, 0.717) is 11.7 Å². The second kappa shape index (κ2) is 8.03. The molecule has 0 fully saturated rings. The predicted molar refractivity (Wildman–Crippen MR) is 83.6 cm³/mol. The third kappa shape index (κ3) is 4.46. The van der Waals surface area contributed by atoms with Crippen LogP contribution in [-0.2, 0) is 0 Å². The zero-order valence-corrected chi connectivity index (χ0v) is 13.3. The summed E-state index contributed by atoms with van der Waals surface area (Å²) in [6, 6.07) is 7.67. The molecule has 0 radical (unpaired) electrons. The van der Waals surface area contributed by atoms with Gasteiger partial charge in [-0.2, -0.15) is 4.98 Å². The van der Waals surface area contributed by atoms with E-state index in [2.05, 4.69) is 24.0 Å². The fourth-order valence-electron chi connectivity index (χ4n) is 1.89. The molecule has 5 heteroatoms. The largest absolute Gasteiger partial charge is 0.494 e. The second-order valence-electron chi connectivity index (χ2n) is 4.94. The molecule has 114 valence electrons. The lowest BCUT2D eigenvalue weighted by Crippen LogP contribution is -1.96. The molecule has 1 atom stereocenters. The predicted octanol–water partition coefficient (Wildman–Crippen LogP) is 5.00. The molecule has 21 heavy (non-hydrogen) atoms. The summed E-state index contributed by atoms with van der Waals surface area (Å²) < 4.78 is 10.9. The number of nitrogens with zero attached hydrogens (tertiary/aromatic N) is 2. The molecule has 0 saturated carbocycles. The van der Waals surface area contributed by atoms with Gasteiger partial charge in [-0.3, -0.25) is 0 Å². The van der Waals surface area contributed by atoms with Gasteiger partial charge in [0.05, 0.1) is 12.0 Å². The van der Waals surface area contributed by atoms with Gasteiger partial charge in [0.2, 0.25) is 0 Å². The monoisotopic (exact) mass is 308 g/mol. The Morgan fingerprint density at radius 1 is 1.19 bits per heavy atom. The summed E-state index contributed by atoms with van der Waals surface area (Å²) in [5.41, 5.74) is 0.872. The number of hydrogen-bond acceptors (Lipinski definition) is 4. The van der Waals surface area contributed by atoms with E-state index >= 15 is 0 Å². The van der Waals surface area contributed by atoms with Crippen LogP contribution in [0.4, 0.5) is 0 Å². The Bertz CT molecular complexity index is 539. The quantitative estimate of drug-likeness (QED) is 0.509. The summed E-state index contributed by atoms with van der Waals surface area (Å²) in [6.45, 7) is 4.96. The van der Waals surface area contributed by atoms with Crippen molar-refractivity contribution in [2.45, 2.75) is 44.9 Å². The Balaban J connectivity index is 2.01. The average Bonchev–Trinajstić information content (AvgIpc) is 2.98. The maximum atomic E-state index is 6.20. The summed E-state index contributed by atoms with van der Waals surface area (Å²) in [6.07, 6.45) is 4.01. The SMILES string of the molecule is CCCCOc1ccc(-c2nc(C(Cl)CCC)no2)cc1. The van der Waals surface area contributed by atoms with Crippen molar-refractivity contribution in [2.75, 3.05) is 6.61 Å². The summed E-state index contributed by atoms with van der Waals surface area (Å²) in [7, 11) is 0. The number of halogens is 1. The lowest BCUT2D eigenvalue weighted by Gasteiger charge is -2.05. The van der Waals surface area contributed by atoms with Crippen LogP contribution >= 0.6 is 11.6 Å². The molecule has 2 rings (SSSR count). The molecule has 2 aromatic rings. The third-order valence-corrected chi connectivity index (χ3v) is 3.55. The molecule has 0 aliphatic rings. The van der Waals surface area contributed by atoms with Crippen LogP contribution in [0.25, 0.3) is 11.5 Å². The normalized spacial score (nSPS) is 12.3. The van der Waals surface area contributed by atoms with Crippen LogP contribution in [-0.4, -0.2) is 16.7 Å². The van der Waals surface area contributed by atoms with Gasteiger partial charge in [-0.15, -0.1) is 11.6 Å². The number of alkyl halides is 1. The van der Waals surface area contributed by atoms with Gasteiger partial charge in [-0.1, -0.05) is 31.8 Å². The van der Waals surface area contributed by atoms with Crippen LogP contribution in [0.2, 0.25) is 0 Å². The van der Waals surface area contributed by atoms with Crippen molar-refractivity contribution in [3.05, 3.63) is 30.1 Å². The van der Waals surface area contributed by atoms with Gasteiger partial charge in [0.1, 0.15) is 5.75 Å². The fourth-order valence-corrected chi connectivity index (χ4v) is 2.20. The van der Waals surface area contributed by atoms with Gasteiger partial charge in [0, 0.05) is 5.56 Å². The van der Waals surface area contributed by atoms with Crippen LogP contribution in [0.5, 0.6) is 5.75 Å². The first-order valence-electron chi connectivity index (χ1n) is 7.45. The summed E-state index contributed by atoms with van der Waals surface area (Å²) >= 11 is 6.20. The molecule has 0 N–H and O–H groups in total. The molecule has 0 aliphatic heterocycles.